The minimum atomic E-state index is -0.450. The highest BCUT2D eigenvalue weighted by atomic mass is 16.1. The van der Waals surface area contributed by atoms with Gasteiger partial charge in [-0.1, -0.05) is 17.7 Å². The molecular weight excluding hydrogens is 300 g/mol. The summed E-state index contributed by atoms with van der Waals surface area (Å²) in [5.74, 6) is 0.0554. The lowest BCUT2D eigenvalue weighted by molar-refractivity contribution is -0.116. The molecule has 0 aromatic rings. The van der Waals surface area contributed by atoms with Gasteiger partial charge in [0.05, 0.1) is 18.8 Å². The second kappa shape index (κ2) is 12.8. The molecule has 0 saturated heterocycles. The molecule has 0 saturated carbocycles. The van der Waals surface area contributed by atoms with Gasteiger partial charge in [-0.2, -0.15) is 0 Å². The third-order valence-electron chi connectivity index (χ3n) is 3.78. The average Bonchev–Trinajstić information content (AvgIpc) is 2.53. The molecule has 0 aromatic heterocycles. The molecule has 5 heteroatoms. The summed E-state index contributed by atoms with van der Waals surface area (Å²) in [6.07, 6.45) is 6.84. The molecule has 0 spiro atoms. The van der Waals surface area contributed by atoms with Crippen LogP contribution in [-0.2, 0) is 4.79 Å². The number of ketones is 1. The van der Waals surface area contributed by atoms with Crippen LogP contribution in [0.15, 0.2) is 42.0 Å². The number of hydrogen-bond acceptors (Lipinski definition) is 5. The van der Waals surface area contributed by atoms with Crippen LogP contribution in [0.4, 0.5) is 0 Å². The fourth-order valence-electron chi connectivity index (χ4n) is 2.29. The van der Waals surface area contributed by atoms with Gasteiger partial charge in [-0.15, -0.1) is 13.2 Å². The molecule has 136 valence electrons. The van der Waals surface area contributed by atoms with Crippen LogP contribution in [-0.4, -0.2) is 43.8 Å². The monoisotopic (exact) mass is 334 g/mol. The first-order valence-electron chi connectivity index (χ1n) is 8.47. The van der Waals surface area contributed by atoms with Gasteiger partial charge < -0.3 is 11.1 Å². The Morgan fingerprint density at radius 3 is 2.46 bits per heavy atom. The van der Waals surface area contributed by atoms with Crippen molar-refractivity contribution >= 4 is 12.5 Å². The van der Waals surface area contributed by atoms with E-state index in [1.54, 1.807) is 6.08 Å². The van der Waals surface area contributed by atoms with E-state index in [9.17, 15) is 4.79 Å². The molecule has 0 aliphatic carbocycles. The van der Waals surface area contributed by atoms with E-state index < -0.39 is 6.04 Å². The van der Waals surface area contributed by atoms with Crippen LogP contribution in [0.25, 0.3) is 0 Å². The summed E-state index contributed by atoms with van der Waals surface area (Å²) in [5, 5.41) is 6.53. The summed E-state index contributed by atoms with van der Waals surface area (Å²) >= 11 is 0. The fraction of sp³-hybridized carbons (Fsp3) is 0.579. The quantitative estimate of drug-likeness (QED) is 0.150. The van der Waals surface area contributed by atoms with E-state index in [0.717, 1.165) is 25.0 Å². The summed E-state index contributed by atoms with van der Waals surface area (Å²) < 4.78 is 0. The van der Waals surface area contributed by atoms with Crippen molar-refractivity contribution in [3.05, 3.63) is 37.0 Å². The van der Waals surface area contributed by atoms with E-state index in [1.165, 1.54) is 0 Å². The number of nitrogens with two attached hydrogens (primary N) is 1. The lowest BCUT2D eigenvalue weighted by atomic mass is 9.98. The topological polar surface area (TPSA) is 79.5 Å². The van der Waals surface area contributed by atoms with Gasteiger partial charge in [0.15, 0.2) is 5.78 Å². The molecule has 4 unspecified atom stereocenters. The number of allylic oxidation sites excluding steroid dienone is 1. The van der Waals surface area contributed by atoms with Gasteiger partial charge in [0, 0.05) is 12.0 Å². The van der Waals surface area contributed by atoms with Crippen LogP contribution in [0.3, 0.4) is 0 Å². The van der Waals surface area contributed by atoms with Crippen LogP contribution in [0.2, 0.25) is 0 Å². The maximum absolute atomic E-state index is 12.2. The third kappa shape index (κ3) is 9.55. The normalized spacial score (nSPS) is 15.7. The van der Waals surface area contributed by atoms with E-state index in [4.69, 9.17) is 5.73 Å². The molecular formula is C19H34N4O. The first kappa shape index (κ1) is 22.4. The molecule has 0 aromatic carbocycles. The first-order valence-corrected chi connectivity index (χ1v) is 8.47. The second-order valence-corrected chi connectivity index (χ2v) is 6.30. The van der Waals surface area contributed by atoms with E-state index in [2.05, 4.69) is 42.4 Å². The number of aliphatic imine (C=N–C) groups is 1. The molecule has 0 aliphatic heterocycles. The third-order valence-corrected chi connectivity index (χ3v) is 3.78. The van der Waals surface area contributed by atoms with Crippen molar-refractivity contribution in [3.8, 4) is 0 Å². The Balaban J connectivity index is 4.57. The lowest BCUT2D eigenvalue weighted by Gasteiger charge is -2.26. The molecule has 4 atom stereocenters. The van der Waals surface area contributed by atoms with Gasteiger partial charge in [-0.05, 0) is 53.0 Å². The summed E-state index contributed by atoms with van der Waals surface area (Å²) in [5.41, 5.74) is 7.19. The number of nitrogens with zero attached hydrogens (tertiary/aromatic N) is 1. The fourth-order valence-corrected chi connectivity index (χ4v) is 2.29. The number of carbonyl (C=O) groups excluding carboxylic acids is 1. The van der Waals surface area contributed by atoms with Gasteiger partial charge in [-0.3, -0.25) is 15.1 Å². The molecule has 0 amide bonds. The van der Waals surface area contributed by atoms with Crippen molar-refractivity contribution < 1.29 is 4.79 Å². The predicted molar refractivity (Wildman–Crippen MR) is 104 cm³/mol. The van der Waals surface area contributed by atoms with Crippen LogP contribution < -0.4 is 16.4 Å². The molecule has 5 nitrogen and oxygen atoms in total. The Labute approximate surface area is 147 Å². The van der Waals surface area contributed by atoms with E-state index in [0.29, 0.717) is 12.6 Å². The Hall–Kier alpha value is -1.56. The van der Waals surface area contributed by atoms with Gasteiger partial charge in [-0.25, -0.2) is 0 Å². The lowest BCUT2D eigenvalue weighted by Crippen LogP contribution is -2.52. The Bertz CT molecular complexity index is 441. The van der Waals surface area contributed by atoms with Crippen molar-refractivity contribution in [3.63, 3.8) is 0 Å². The maximum Gasteiger partial charge on any atom is 0.174 e. The minimum absolute atomic E-state index is 0.0258. The molecule has 0 fully saturated rings. The standard InChI is InChI=1S/C19H34N4O/c1-7-15(5)22-11-9-10-16(8-2)19(20)23-17(13-21-6)18(24)12-14(3)4/h7-8,12,15-17,19,22-23H,1-2,6,9-11,13,20H2,3-5H3. The highest BCUT2D eigenvalue weighted by Crippen LogP contribution is 2.11. The molecule has 0 rings (SSSR count). The highest BCUT2D eigenvalue weighted by Gasteiger charge is 2.22. The summed E-state index contributed by atoms with van der Waals surface area (Å²) in [7, 11) is 0. The van der Waals surface area contributed by atoms with Crippen molar-refractivity contribution in [1.29, 1.82) is 0 Å². The van der Waals surface area contributed by atoms with Crippen molar-refractivity contribution in [2.45, 2.75) is 51.9 Å². The van der Waals surface area contributed by atoms with Crippen LogP contribution >= 0.6 is 0 Å². The molecule has 4 N–H and O–H groups in total. The largest absolute Gasteiger partial charge is 0.315 e. The van der Waals surface area contributed by atoms with Crippen molar-refractivity contribution in [1.82, 2.24) is 10.6 Å². The van der Waals surface area contributed by atoms with E-state index >= 15 is 0 Å². The number of hydrogen-bond donors (Lipinski definition) is 3. The van der Waals surface area contributed by atoms with E-state index in [1.807, 2.05) is 26.0 Å². The van der Waals surface area contributed by atoms with E-state index in [-0.39, 0.29) is 17.9 Å². The summed E-state index contributed by atoms with van der Waals surface area (Å²) in [6, 6.07) is -0.155. The highest BCUT2D eigenvalue weighted by molar-refractivity contribution is 5.95. The number of nitrogens with one attached hydrogen (secondary N) is 2. The molecule has 0 radical (unpaired) electrons. The molecule has 0 aliphatic rings. The first-order chi connectivity index (χ1) is 11.3. The van der Waals surface area contributed by atoms with Crippen molar-refractivity contribution in [2.75, 3.05) is 13.1 Å². The van der Waals surface area contributed by atoms with Gasteiger partial charge in [0.1, 0.15) is 0 Å². The number of rotatable bonds is 14. The maximum atomic E-state index is 12.2. The molecule has 0 bridgehead atoms. The zero-order chi connectivity index (χ0) is 18.5. The summed E-state index contributed by atoms with van der Waals surface area (Å²) in [4.78, 5) is 16.1. The summed E-state index contributed by atoms with van der Waals surface area (Å²) in [6.45, 7) is 18.1. The van der Waals surface area contributed by atoms with Gasteiger partial charge >= 0.3 is 0 Å². The van der Waals surface area contributed by atoms with Gasteiger partial charge in [0.25, 0.3) is 0 Å². The zero-order valence-electron chi connectivity index (χ0n) is 15.4. The SMILES string of the molecule is C=CC(C)NCCCC(C=C)C(N)NC(CN=C)C(=O)C=C(C)C. The Kier molecular flexibility index (Phi) is 12.0. The Morgan fingerprint density at radius 2 is 1.96 bits per heavy atom. The smallest absolute Gasteiger partial charge is 0.174 e. The van der Waals surface area contributed by atoms with Crippen LogP contribution in [0.5, 0.6) is 0 Å². The molecule has 0 heterocycles. The predicted octanol–water partition coefficient (Wildman–Crippen LogP) is 2.21. The van der Waals surface area contributed by atoms with Crippen LogP contribution in [0.1, 0.15) is 33.6 Å². The average molecular weight is 335 g/mol. The Morgan fingerprint density at radius 1 is 1.29 bits per heavy atom. The van der Waals surface area contributed by atoms with Crippen molar-refractivity contribution in [2.24, 2.45) is 16.6 Å². The second-order valence-electron chi connectivity index (χ2n) is 6.30. The van der Waals surface area contributed by atoms with Gasteiger partial charge in [0.2, 0.25) is 0 Å². The molecule has 24 heavy (non-hydrogen) atoms. The minimum Gasteiger partial charge on any atom is -0.315 e. The zero-order valence-corrected chi connectivity index (χ0v) is 15.4. The van der Waals surface area contributed by atoms with Crippen LogP contribution in [0, 0.1) is 5.92 Å². The number of carbonyl (C=O) groups is 1.